The summed E-state index contributed by atoms with van der Waals surface area (Å²) >= 11 is 1.60. The smallest absolute Gasteiger partial charge is 0.330 e. The molecule has 0 saturated carbocycles. The molecule has 0 unspecified atom stereocenters. The molecule has 0 aromatic rings. The summed E-state index contributed by atoms with van der Waals surface area (Å²) in [5.41, 5.74) is 0. The normalized spacial score (nSPS) is 30.1. The van der Waals surface area contributed by atoms with E-state index in [0.717, 1.165) is 6.42 Å². The standard InChI is InChI=1S/C13H20N2O4S/c1-4-14-11(17)8(2)19-12(18)9-7-20-13(3)6-5-10(16)15(9)13/h8-9H,4-7H2,1-3H3,(H,14,17)/t8-,9+,13+/m1/s1. The second-order valence-corrected chi connectivity index (χ2v) is 6.74. The van der Waals surface area contributed by atoms with Gasteiger partial charge < -0.3 is 15.0 Å². The Balaban J connectivity index is 2.00. The predicted molar refractivity (Wildman–Crippen MR) is 75.0 cm³/mol. The molecule has 20 heavy (non-hydrogen) atoms. The first-order chi connectivity index (χ1) is 9.39. The molecule has 2 heterocycles. The SMILES string of the molecule is CCNC(=O)[C@@H](C)OC(=O)[C@@H]1CS[C@@]2(C)CCC(=O)N12. The number of hydrogen-bond acceptors (Lipinski definition) is 5. The molecule has 112 valence electrons. The summed E-state index contributed by atoms with van der Waals surface area (Å²) in [6.45, 7) is 5.80. The first kappa shape index (κ1) is 15.2. The zero-order valence-electron chi connectivity index (χ0n) is 12.0. The van der Waals surface area contributed by atoms with Crippen LogP contribution in [0.4, 0.5) is 0 Å². The number of carbonyl (C=O) groups is 3. The molecule has 2 aliphatic rings. The van der Waals surface area contributed by atoms with Crippen LogP contribution in [0.2, 0.25) is 0 Å². The molecule has 7 heteroatoms. The summed E-state index contributed by atoms with van der Waals surface area (Å²) in [6.07, 6.45) is 0.391. The van der Waals surface area contributed by atoms with E-state index in [1.807, 2.05) is 6.92 Å². The van der Waals surface area contributed by atoms with Gasteiger partial charge in [0, 0.05) is 18.7 Å². The maximum absolute atomic E-state index is 12.2. The fourth-order valence-corrected chi connectivity index (χ4v) is 4.04. The predicted octanol–water partition coefficient (Wildman–Crippen LogP) is 0.508. The maximum atomic E-state index is 12.2. The lowest BCUT2D eigenvalue weighted by Crippen LogP contribution is -2.48. The van der Waals surface area contributed by atoms with Crippen molar-refractivity contribution in [1.82, 2.24) is 10.2 Å². The van der Waals surface area contributed by atoms with Gasteiger partial charge in [0.05, 0.1) is 4.87 Å². The number of ether oxygens (including phenoxy) is 1. The molecular weight excluding hydrogens is 280 g/mol. The number of amides is 2. The van der Waals surface area contributed by atoms with Crippen LogP contribution >= 0.6 is 11.8 Å². The summed E-state index contributed by atoms with van der Waals surface area (Å²) in [4.78, 5) is 37.0. The number of thioether (sulfide) groups is 1. The van der Waals surface area contributed by atoms with Crippen LogP contribution in [0.1, 0.15) is 33.6 Å². The lowest BCUT2D eigenvalue weighted by Gasteiger charge is -2.29. The van der Waals surface area contributed by atoms with Crippen molar-refractivity contribution in [3.05, 3.63) is 0 Å². The van der Waals surface area contributed by atoms with Gasteiger partial charge in [-0.05, 0) is 27.2 Å². The first-order valence-electron chi connectivity index (χ1n) is 6.83. The zero-order chi connectivity index (χ0) is 14.9. The molecule has 2 fully saturated rings. The van der Waals surface area contributed by atoms with Gasteiger partial charge >= 0.3 is 5.97 Å². The third kappa shape index (κ3) is 2.63. The maximum Gasteiger partial charge on any atom is 0.330 e. The number of carbonyl (C=O) groups excluding carboxylic acids is 3. The highest BCUT2D eigenvalue weighted by atomic mass is 32.2. The minimum Gasteiger partial charge on any atom is -0.451 e. The number of hydrogen-bond donors (Lipinski definition) is 1. The van der Waals surface area contributed by atoms with Gasteiger partial charge in [0.1, 0.15) is 6.04 Å². The lowest BCUT2D eigenvalue weighted by atomic mass is 10.2. The van der Waals surface area contributed by atoms with Gasteiger partial charge in [0.25, 0.3) is 5.91 Å². The third-order valence-corrected chi connectivity index (χ3v) is 5.24. The molecule has 2 amide bonds. The second-order valence-electron chi connectivity index (χ2n) is 5.24. The van der Waals surface area contributed by atoms with Gasteiger partial charge in [-0.2, -0.15) is 0 Å². The largest absolute Gasteiger partial charge is 0.451 e. The quantitative estimate of drug-likeness (QED) is 0.766. The molecule has 1 N–H and O–H groups in total. The fourth-order valence-electron chi connectivity index (χ4n) is 2.62. The third-order valence-electron chi connectivity index (χ3n) is 3.73. The monoisotopic (exact) mass is 300 g/mol. The Bertz CT molecular complexity index is 442. The number of nitrogens with zero attached hydrogens (tertiary/aromatic N) is 1. The van der Waals surface area contributed by atoms with Crippen LogP contribution in [0, 0.1) is 0 Å². The molecule has 0 spiro atoms. The van der Waals surface area contributed by atoms with E-state index in [-0.39, 0.29) is 16.7 Å². The van der Waals surface area contributed by atoms with Crippen LogP contribution in [0.3, 0.4) is 0 Å². The van der Waals surface area contributed by atoms with Crippen LogP contribution < -0.4 is 5.32 Å². The molecule has 3 atom stereocenters. The molecule has 0 radical (unpaired) electrons. The van der Waals surface area contributed by atoms with Gasteiger partial charge in [-0.1, -0.05) is 0 Å². The van der Waals surface area contributed by atoms with Crippen LogP contribution in [-0.4, -0.2) is 52.0 Å². The minimum atomic E-state index is -0.836. The van der Waals surface area contributed by atoms with Gasteiger partial charge in [-0.15, -0.1) is 11.8 Å². The van der Waals surface area contributed by atoms with Crippen molar-refractivity contribution >= 4 is 29.5 Å². The van der Waals surface area contributed by atoms with Crippen molar-refractivity contribution in [2.45, 2.75) is 50.6 Å². The van der Waals surface area contributed by atoms with E-state index in [1.54, 1.807) is 23.6 Å². The molecule has 0 aromatic heterocycles. The Hall–Kier alpha value is -1.24. The minimum absolute atomic E-state index is 0.00915. The topological polar surface area (TPSA) is 75.7 Å². The molecule has 0 aromatic carbocycles. The Morgan fingerprint density at radius 3 is 2.95 bits per heavy atom. The van der Waals surface area contributed by atoms with Crippen molar-refractivity contribution in [2.24, 2.45) is 0 Å². The fraction of sp³-hybridized carbons (Fsp3) is 0.769. The van der Waals surface area contributed by atoms with Crippen molar-refractivity contribution in [3.8, 4) is 0 Å². The molecule has 2 saturated heterocycles. The van der Waals surface area contributed by atoms with Crippen molar-refractivity contribution in [2.75, 3.05) is 12.3 Å². The van der Waals surface area contributed by atoms with Gasteiger partial charge in [0.15, 0.2) is 6.10 Å². The van der Waals surface area contributed by atoms with E-state index in [0.29, 0.717) is 18.7 Å². The van der Waals surface area contributed by atoms with Crippen LogP contribution in [0.15, 0.2) is 0 Å². The van der Waals surface area contributed by atoms with Crippen molar-refractivity contribution < 1.29 is 19.1 Å². The summed E-state index contributed by atoms with van der Waals surface area (Å²) in [5.74, 6) is -0.286. The Labute approximate surface area is 122 Å². The highest BCUT2D eigenvalue weighted by Crippen LogP contribution is 2.47. The molecular formula is C13H20N2O4S. The second kappa shape index (κ2) is 5.63. The number of likely N-dealkylation sites (N-methyl/N-ethyl adjacent to an activating group) is 1. The highest BCUT2D eigenvalue weighted by molar-refractivity contribution is 8.01. The highest BCUT2D eigenvalue weighted by Gasteiger charge is 2.53. The zero-order valence-corrected chi connectivity index (χ0v) is 12.8. The molecule has 0 aliphatic carbocycles. The number of esters is 1. The molecule has 0 bridgehead atoms. The summed E-state index contributed by atoms with van der Waals surface area (Å²) in [6, 6.07) is -0.572. The Morgan fingerprint density at radius 1 is 1.60 bits per heavy atom. The summed E-state index contributed by atoms with van der Waals surface area (Å²) < 4.78 is 5.19. The summed E-state index contributed by atoms with van der Waals surface area (Å²) in [5, 5.41) is 2.60. The Morgan fingerprint density at radius 2 is 2.30 bits per heavy atom. The number of nitrogens with one attached hydrogen (secondary N) is 1. The van der Waals surface area contributed by atoms with E-state index >= 15 is 0 Å². The van der Waals surface area contributed by atoms with E-state index in [1.165, 1.54) is 6.92 Å². The van der Waals surface area contributed by atoms with Crippen molar-refractivity contribution in [1.29, 1.82) is 0 Å². The molecule has 2 aliphatic heterocycles. The number of rotatable bonds is 4. The Kier molecular flexibility index (Phi) is 4.27. The molecule has 6 nitrogen and oxygen atoms in total. The number of fused-ring (bicyclic) bond motifs is 1. The lowest BCUT2D eigenvalue weighted by molar-refractivity contribution is -0.161. The van der Waals surface area contributed by atoms with Crippen LogP contribution in [-0.2, 0) is 19.1 Å². The average Bonchev–Trinajstić information content (AvgIpc) is 2.87. The van der Waals surface area contributed by atoms with Gasteiger partial charge in [-0.25, -0.2) is 4.79 Å². The van der Waals surface area contributed by atoms with E-state index in [2.05, 4.69) is 5.32 Å². The van der Waals surface area contributed by atoms with Crippen molar-refractivity contribution in [3.63, 3.8) is 0 Å². The average molecular weight is 300 g/mol. The summed E-state index contributed by atoms with van der Waals surface area (Å²) in [7, 11) is 0. The van der Waals surface area contributed by atoms with E-state index < -0.39 is 18.1 Å². The van der Waals surface area contributed by atoms with Gasteiger partial charge in [-0.3, -0.25) is 9.59 Å². The first-order valence-corrected chi connectivity index (χ1v) is 7.82. The van der Waals surface area contributed by atoms with E-state index in [9.17, 15) is 14.4 Å². The van der Waals surface area contributed by atoms with Gasteiger partial charge in [0.2, 0.25) is 5.91 Å². The van der Waals surface area contributed by atoms with Crippen LogP contribution in [0.25, 0.3) is 0 Å². The van der Waals surface area contributed by atoms with Crippen LogP contribution in [0.5, 0.6) is 0 Å². The van der Waals surface area contributed by atoms with E-state index in [4.69, 9.17) is 4.74 Å². The molecule has 2 rings (SSSR count).